The van der Waals surface area contributed by atoms with E-state index < -0.39 is 6.10 Å². The Morgan fingerprint density at radius 2 is 2.06 bits per heavy atom. The van der Waals surface area contributed by atoms with Crippen LogP contribution < -0.4 is 0 Å². The number of aliphatic hydroxyl groups excluding tert-OH is 1. The molecule has 2 rings (SSSR count). The van der Waals surface area contributed by atoms with Crippen LogP contribution in [0.1, 0.15) is 25.0 Å². The van der Waals surface area contributed by atoms with Gasteiger partial charge in [0.1, 0.15) is 0 Å². The number of aliphatic hydroxyl groups is 1. The quantitative estimate of drug-likeness (QED) is 0.874. The van der Waals surface area contributed by atoms with Gasteiger partial charge < -0.3 is 5.11 Å². The van der Waals surface area contributed by atoms with E-state index in [2.05, 4.69) is 6.92 Å². The fraction of sp³-hybridized carbons (Fsp3) is 0.538. The SMILES string of the molecule is CCC1SCCSC1C(O)c1cccc(Cl)c1Cl. The van der Waals surface area contributed by atoms with Crippen LogP contribution >= 0.6 is 46.7 Å². The second-order valence-corrected chi connectivity index (χ2v) is 7.66. The molecular weight excluding hydrogens is 307 g/mol. The van der Waals surface area contributed by atoms with Crippen LogP contribution in [0.5, 0.6) is 0 Å². The first kappa shape index (κ1) is 14.9. The predicted molar refractivity (Wildman–Crippen MR) is 84.2 cm³/mol. The van der Waals surface area contributed by atoms with Crippen molar-refractivity contribution in [2.45, 2.75) is 29.9 Å². The molecule has 0 spiro atoms. The van der Waals surface area contributed by atoms with E-state index in [-0.39, 0.29) is 5.25 Å². The van der Waals surface area contributed by atoms with Gasteiger partial charge in [0.05, 0.1) is 16.1 Å². The summed E-state index contributed by atoms with van der Waals surface area (Å²) in [6.07, 6.45) is 0.524. The first-order valence-electron chi connectivity index (χ1n) is 6.00. The lowest BCUT2D eigenvalue weighted by atomic mass is 10.0. The van der Waals surface area contributed by atoms with Gasteiger partial charge in [-0.15, -0.1) is 0 Å². The molecule has 3 atom stereocenters. The summed E-state index contributed by atoms with van der Waals surface area (Å²) >= 11 is 16.0. The Balaban J connectivity index is 2.23. The van der Waals surface area contributed by atoms with Crippen molar-refractivity contribution >= 4 is 46.7 Å². The summed E-state index contributed by atoms with van der Waals surface area (Å²) in [5.41, 5.74) is 0.752. The number of thioether (sulfide) groups is 2. The largest absolute Gasteiger partial charge is 0.387 e. The molecule has 3 unspecified atom stereocenters. The zero-order chi connectivity index (χ0) is 13.1. The van der Waals surface area contributed by atoms with E-state index in [0.29, 0.717) is 15.3 Å². The molecule has 1 aromatic rings. The molecule has 1 fully saturated rings. The summed E-state index contributed by atoms with van der Waals surface area (Å²) in [6.45, 7) is 2.17. The second-order valence-electron chi connectivity index (χ2n) is 4.24. The molecule has 1 saturated heterocycles. The highest BCUT2D eigenvalue weighted by atomic mass is 35.5. The minimum absolute atomic E-state index is 0.199. The summed E-state index contributed by atoms with van der Waals surface area (Å²) < 4.78 is 0. The van der Waals surface area contributed by atoms with Crippen molar-refractivity contribution in [3.8, 4) is 0 Å². The van der Waals surface area contributed by atoms with Gasteiger partial charge >= 0.3 is 0 Å². The van der Waals surface area contributed by atoms with Crippen LogP contribution in [-0.2, 0) is 0 Å². The summed E-state index contributed by atoms with van der Waals surface area (Å²) in [7, 11) is 0. The summed E-state index contributed by atoms with van der Waals surface area (Å²) in [5, 5.41) is 12.2. The fourth-order valence-electron chi connectivity index (χ4n) is 2.16. The summed E-state index contributed by atoms with van der Waals surface area (Å²) in [4.78, 5) is 0. The van der Waals surface area contributed by atoms with E-state index in [1.807, 2.05) is 35.7 Å². The van der Waals surface area contributed by atoms with Gasteiger partial charge in [0.2, 0.25) is 0 Å². The lowest BCUT2D eigenvalue weighted by Crippen LogP contribution is -2.31. The smallest absolute Gasteiger partial charge is 0.0934 e. The van der Waals surface area contributed by atoms with Gasteiger partial charge in [-0.1, -0.05) is 42.3 Å². The molecule has 0 aromatic heterocycles. The number of hydrogen-bond acceptors (Lipinski definition) is 3. The van der Waals surface area contributed by atoms with E-state index >= 15 is 0 Å². The predicted octanol–water partition coefficient (Wildman–Crippen LogP) is 4.65. The van der Waals surface area contributed by atoms with Crippen LogP contribution in [0.2, 0.25) is 10.0 Å². The maximum atomic E-state index is 10.6. The van der Waals surface area contributed by atoms with Crippen molar-refractivity contribution in [3.05, 3.63) is 33.8 Å². The first-order chi connectivity index (χ1) is 8.65. The van der Waals surface area contributed by atoms with E-state index in [0.717, 1.165) is 23.5 Å². The lowest BCUT2D eigenvalue weighted by Gasteiger charge is -2.33. The highest BCUT2D eigenvalue weighted by Crippen LogP contribution is 2.42. The van der Waals surface area contributed by atoms with Gasteiger partial charge in [-0.3, -0.25) is 0 Å². The summed E-state index contributed by atoms with van der Waals surface area (Å²) in [6, 6.07) is 5.46. The van der Waals surface area contributed by atoms with Gasteiger partial charge in [-0.05, 0) is 12.5 Å². The van der Waals surface area contributed by atoms with Crippen LogP contribution in [0, 0.1) is 0 Å². The van der Waals surface area contributed by atoms with Crippen LogP contribution in [-0.4, -0.2) is 27.1 Å². The fourth-order valence-corrected chi connectivity index (χ4v) is 5.70. The molecule has 5 heteroatoms. The Morgan fingerprint density at radius 1 is 1.33 bits per heavy atom. The highest BCUT2D eigenvalue weighted by Gasteiger charge is 2.33. The Bertz CT molecular complexity index is 414. The maximum absolute atomic E-state index is 10.6. The van der Waals surface area contributed by atoms with Gasteiger partial charge in [-0.25, -0.2) is 0 Å². The van der Waals surface area contributed by atoms with Crippen LogP contribution in [0.25, 0.3) is 0 Å². The molecule has 0 saturated carbocycles. The van der Waals surface area contributed by atoms with Crippen LogP contribution in [0.3, 0.4) is 0 Å². The van der Waals surface area contributed by atoms with E-state index in [1.54, 1.807) is 6.07 Å². The third kappa shape index (κ3) is 3.13. The molecule has 1 aliphatic heterocycles. The van der Waals surface area contributed by atoms with Crippen molar-refractivity contribution in [2.75, 3.05) is 11.5 Å². The monoisotopic (exact) mass is 322 g/mol. The molecule has 1 N–H and O–H groups in total. The zero-order valence-electron chi connectivity index (χ0n) is 10.1. The van der Waals surface area contributed by atoms with Crippen molar-refractivity contribution in [1.82, 2.24) is 0 Å². The molecule has 0 radical (unpaired) electrons. The van der Waals surface area contributed by atoms with E-state index in [9.17, 15) is 5.11 Å². The third-order valence-corrected chi connectivity index (χ3v) is 7.28. The Hall–Kier alpha value is 0.460. The average Bonchev–Trinajstić information content (AvgIpc) is 2.41. The molecule has 1 nitrogen and oxygen atoms in total. The minimum atomic E-state index is -0.543. The normalized spacial score (nSPS) is 26.0. The molecular formula is C13H16Cl2OS2. The third-order valence-electron chi connectivity index (χ3n) is 3.11. The van der Waals surface area contributed by atoms with E-state index in [1.165, 1.54) is 0 Å². The first-order valence-corrected chi connectivity index (χ1v) is 8.85. The van der Waals surface area contributed by atoms with Crippen LogP contribution in [0.15, 0.2) is 18.2 Å². The highest BCUT2D eigenvalue weighted by molar-refractivity contribution is 8.07. The van der Waals surface area contributed by atoms with Crippen molar-refractivity contribution in [1.29, 1.82) is 0 Å². The van der Waals surface area contributed by atoms with Gasteiger partial charge in [0.15, 0.2) is 0 Å². The second kappa shape index (κ2) is 6.76. The standard InChI is InChI=1S/C13H16Cl2OS2/c1-2-10-13(18-7-6-17-10)12(16)8-4-3-5-9(14)11(8)15/h3-5,10,12-13,16H,2,6-7H2,1H3. The Morgan fingerprint density at radius 3 is 2.78 bits per heavy atom. The Kier molecular flexibility index (Phi) is 5.58. The van der Waals surface area contributed by atoms with Crippen LogP contribution in [0.4, 0.5) is 0 Å². The molecule has 100 valence electrons. The number of hydrogen-bond donors (Lipinski definition) is 1. The molecule has 0 bridgehead atoms. The molecule has 1 heterocycles. The average molecular weight is 323 g/mol. The van der Waals surface area contributed by atoms with Crippen molar-refractivity contribution < 1.29 is 5.11 Å². The zero-order valence-corrected chi connectivity index (χ0v) is 13.2. The molecule has 0 aliphatic carbocycles. The van der Waals surface area contributed by atoms with Gasteiger partial charge in [0.25, 0.3) is 0 Å². The van der Waals surface area contributed by atoms with E-state index in [4.69, 9.17) is 23.2 Å². The molecule has 1 aliphatic rings. The van der Waals surface area contributed by atoms with Gasteiger partial charge in [0, 0.05) is 27.6 Å². The minimum Gasteiger partial charge on any atom is -0.387 e. The number of halogens is 2. The van der Waals surface area contributed by atoms with Crippen molar-refractivity contribution in [2.24, 2.45) is 0 Å². The van der Waals surface area contributed by atoms with Crippen molar-refractivity contribution in [3.63, 3.8) is 0 Å². The molecule has 1 aromatic carbocycles. The summed E-state index contributed by atoms with van der Waals surface area (Å²) in [5.74, 6) is 2.25. The lowest BCUT2D eigenvalue weighted by molar-refractivity contribution is 0.172. The number of benzene rings is 1. The Labute approximate surface area is 127 Å². The number of rotatable bonds is 3. The van der Waals surface area contributed by atoms with Gasteiger partial charge in [-0.2, -0.15) is 23.5 Å². The topological polar surface area (TPSA) is 20.2 Å². The molecule has 0 amide bonds. The maximum Gasteiger partial charge on any atom is 0.0934 e. The molecule has 18 heavy (non-hydrogen) atoms.